The van der Waals surface area contributed by atoms with E-state index in [1.807, 2.05) is 5.32 Å². The summed E-state index contributed by atoms with van der Waals surface area (Å²) in [6.45, 7) is 1.36. The van der Waals surface area contributed by atoms with Crippen molar-refractivity contribution in [3.8, 4) is 11.3 Å². The summed E-state index contributed by atoms with van der Waals surface area (Å²) in [5.41, 5.74) is -1.15. The van der Waals surface area contributed by atoms with Crippen molar-refractivity contribution < 1.29 is 27.2 Å². The number of hydrogen-bond donors (Lipinski definition) is 1. The Morgan fingerprint density at radius 2 is 1.81 bits per heavy atom. The lowest BCUT2D eigenvalue weighted by Gasteiger charge is -2.29. The summed E-state index contributed by atoms with van der Waals surface area (Å²) in [7, 11) is 0. The minimum Gasteiger partial charge on any atom is -0.277 e. The molecular weight excluding hydrogens is 356 g/mol. The Kier molecular flexibility index (Phi) is 4.34. The number of anilines is 1. The number of halogens is 4. The molecule has 1 fully saturated rings. The number of nitrogens with zero attached hydrogens (tertiary/aromatic N) is 3. The number of amides is 3. The van der Waals surface area contributed by atoms with Gasteiger partial charge in [-0.3, -0.25) is 15.0 Å². The fraction of sp³-hybridized carbons (Fsp3) is 0.250. The number of hydrogen-bond acceptors (Lipinski definition) is 4. The molecule has 1 unspecified atom stereocenters. The van der Waals surface area contributed by atoms with Crippen LogP contribution in [0.2, 0.25) is 0 Å². The number of alkyl halides is 3. The lowest BCUT2D eigenvalue weighted by Crippen LogP contribution is -2.54. The lowest BCUT2D eigenvalue weighted by molar-refractivity contribution is -0.141. The summed E-state index contributed by atoms with van der Waals surface area (Å²) in [6, 6.07) is 4.51. The maximum Gasteiger partial charge on any atom is 0.433 e. The van der Waals surface area contributed by atoms with Crippen LogP contribution in [0.5, 0.6) is 0 Å². The molecule has 0 saturated carbocycles. The molecule has 1 aliphatic heterocycles. The molecule has 10 heteroatoms. The van der Waals surface area contributed by atoms with Gasteiger partial charge in [-0.25, -0.2) is 19.2 Å². The normalized spacial score (nSPS) is 18.0. The molecule has 136 valence electrons. The van der Waals surface area contributed by atoms with Crippen molar-refractivity contribution in [3.05, 3.63) is 41.8 Å². The first-order chi connectivity index (χ1) is 12.1. The molecule has 26 heavy (non-hydrogen) atoms. The second-order valence-electron chi connectivity index (χ2n) is 5.75. The van der Waals surface area contributed by atoms with Gasteiger partial charge in [-0.05, 0) is 30.3 Å². The van der Waals surface area contributed by atoms with Gasteiger partial charge >= 0.3 is 12.2 Å². The highest BCUT2D eigenvalue weighted by molar-refractivity contribution is 6.05. The van der Waals surface area contributed by atoms with E-state index < -0.39 is 41.5 Å². The van der Waals surface area contributed by atoms with E-state index >= 15 is 0 Å². The zero-order chi connectivity index (χ0) is 19.1. The summed E-state index contributed by atoms with van der Waals surface area (Å²) in [6.07, 6.45) is -4.78. The second-order valence-corrected chi connectivity index (χ2v) is 5.75. The smallest absolute Gasteiger partial charge is 0.277 e. The van der Waals surface area contributed by atoms with Crippen molar-refractivity contribution in [3.63, 3.8) is 0 Å². The fourth-order valence-electron chi connectivity index (χ4n) is 2.38. The van der Waals surface area contributed by atoms with Gasteiger partial charge in [0.1, 0.15) is 5.82 Å². The van der Waals surface area contributed by atoms with Crippen LogP contribution in [0.4, 0.5) is 28.3 Å². The van der Waals surface area contributed by atoms with E-state index in [1.54, 1.807) is 0 Å². The van der Waals surface area contributed by atoms with Gasteiger partial charge in [0, 0.05) is 12.1 Å². The number of rotatable bonds is 2. The second kappa shape index (κ2) is 6.36. The molecule has 0 bridgehead atoms. The minimum atomic E-state index is -4.78. The third-order valence-electron chi connectivity index (χ3n) is 3.77. The standard InChI is InChI=1S/C16H12F4N4O2/c1-8-7-24(15(26)23-13(8)25)14-21-11(6-12(22-14)16(18,19)20)9-2-4-10(17)5-3-9/h2-6,8H,7H2,1H3,(H,23,25,26). The van der Waals surface area contributed by atoms with Gasteiger partial charge in [-0.15, -0.1) is 0 Å². The predicted molar refractivity (Wildman–Crippen MR) is 82.5 cm³/mol. The fourth-order valence-corrected chi connectivity index (χ4v) is 2.38. The highest BCUT2D eigenvalue weighted by Gasteiger charge is 2.37. The van der Waals surface area contributed by atoms with Crippen LogP contribution >= 0.6 is 0 Å². The van der Waals surface area contributed by atoms with Crippen LogP contribution in [-0.2, 0) is 11.0 Å². The zero-order valence-electron chi connectivity index (χ0n) is 13.3. The van der Waals surface area contributed by atoms with Crippen molar-refractivity contribution in [2.75, 3.05) is 11.4 Å². The van der Waals surface area contributed by atoms with Crippen molar-refractivity contribution in [1.82, 2.24) is 15.3 Å². The van der Waals surface area contributed by atoms with Crippen molar-refractivity contribution >= 4 is 17.9 Å². The van der Waals surface area contributed by atoms with Crippen LogP contribution in [0.3, 0.4) is 0 Å². The molecule has 2 aromatic rings. The Hall–Kier alpha value is -3.04. The van der Waals surface area contributed by atoms with E-state index in [1.165, 1.54) is 19.1 Å². The topological polar surface area (TPSA) is 75.2 Å². The molecular formula is C16H12F4N4O2. The van der Waals surface area contributed by atoms with Crippen LogP contribution in [0.25, 0.3) is 11.3 Å². The largest absolute Gasteiger partial charge is 0.433 e. The molecule has 3 amide bonds. The summed E-state index contributed by atoms with van der Waals surface area (Å²) in [4.78, 5) is 31.8. The third kappa shape index (κ3) is 3.48. The van der Waals surface area contributed by atoms with Crippen molar-refractivity contribution in [2.24, 2.45) is 5.92 Å². The SMILES string of the molecule is CC1CN(c2nc(-c3ccc(F)cc3)cc(C(F)(F)F)n2)C(=O)NC1=O. The average Bonchev–Trinajstić information content (AvgIpc) is 2.57. The number of aromatic nitrogens is 2. The maximum absolute atomic E-state index is 13.2. The van der Waals surface area contributed by atoms with Crippen LogP contribution in [0, 0.1) is 11.7 Å². The molecule has 3 rings (SSSR count). The van der Waals surface area contributed by atoms with Crippen LogP contribution in [0.1, 0.15) is 12.6 Å². The summed E-state index contributed by atoms with van der Waals surface area (Å²) < 4.78 is 52.7. The third-order valence-corrected chi connectivity index (χ3v) is 3.77. The molecule has 0 radical (unpaired) electrons. The van der Waals surface area contributed by atoms with Gasteiger partial charge in [0.2, 0.25) is 11.9 Å². The molecule has 0 aliphatic carbocycles. The van der Waals surface area contributed by atoms with Gasteiger partial charge < -0.3 is 0 Å². The van der Waals surface area contributed by atoms with Crippen LogP contribution in [0.15, 0.2) is 30.3 Å². The Bertz CT molecular complexity index is 868. The number of imide groups is 1. The molecule has 6 nitrogen and oxygen atoms in total. The maximum atomic E-state index is 13.2. The van der Waals surface area contributed by atoms with Gasteiger partial charge in [-0.2, -0.15) is 13.2 Å². The Balaban J connectivity index is 2.10. The number of carbonyl (C=O) groups is 2. The highest BCUT2D eigenvalue weighted by atomic mass is 19.4. The average molecular weight is 368 g/mol. The first-order valence-electron chi connectivity index (χ1n) is 7.50. The van der Waals surface area contributed by atoms with Crippen molar-refractivity contribution in [2.45, 2.75) is 13.1 Å². The van der Waals surface area contributed by atoms with Crippen LogP contribution in [-0.4, -0.2) is 28.5 Å². The van der Waals surface area contributed by atoms with Crippen LogP contribution < -0.4 is 10.2 Å². The summed E-state index contributed by atoms with van der Waals surface area (Å²) in [5.74, 6) is -2.21. The minimum absolute atomic E-state index is 0.125. The number of urea groups is 1. The van der Waals surface area contributed by atoms with E-state index in [9.17, 15) is 27.2 Å². The Morgan fingerprint density at radius 1 is 1.15 bits per heavy atom. The van der Waals surface area contributed by atoms with Gasteiger partial charge in [0.15, 0.2) is 5.69 Å². The molecule has 1 N–H and O–H groups in total. The summed E-state index contributed by atoms with van der Waals surface area (Å²) in [5, 5.41) is 2.04. The van der Waals surface area contributed by atoms with Gasteiger partial charge in [0.05, 0.1) is 11.6 Å². The Morgan fingerprint density at radius 3 is 2.42 bits per heavy atom. The zero-order valence-corrected chi connectivity index (χ0v) is 13.3. The van der Waals surface area contributed by atoms with E-state index in [2.05, 4.69) is 9.97 Å². The van der Waals surface area contributed by atoms with E-state index in [4.69, 9.17) is 0 Å². The molecule has 0 spiro atoms. The Labute approximate surface area is 144 Å². The van der Waals surface area contributed by atoms with E-state index in [0.717, 1.165) is 17.0 Å². The summed E-state index contributed by atoms with van der Waals surface area (Å²) >= 11 is 0. The molecule has 1 atom stereocenters. The van der Waals surface area contributed by atoms with E-state index in [0.29, 0.717) is 6.07 Å². The van der Waals surface area contributed by atoms with E-state index in [-0.39, 0.29) is 17.8 Å². The quantitative estimate of drug-likeness (QED) is 0.827. The van der Waals surface area contributed by atoms with Gasteiger partial charge in [0.25, 0.3) is 0 Å². The monoisotopic (exact) mass is 368 g/mol. The first kappa shape index (κ1) is 17.8. The number of nitrogens with one attached hydrogen (secondary N) is 1. The predicted octanol–water partition coefficient (Wildman–Crippen LogP) is 2.99. The number of benzene rings is 1. The molecule has 1 aromatic carbocycles. The highest BCUT2D eigenvalue weighted by Crippen LogP contribution is 2.32. The molecule has 1 aromatic heterocycles. The molecule has 1 aliphatic rings. The molecule has 2 heterocycles. The van der Waals surface area contributed by atoms with Gasteiger partial charge in [-0.1, -0.05) is 6.92 Å². The first-order valence-corrected chi connectivity index (χ1v) is 7.50. The van der Waals surface area contributed by atoms with Crippen molar-refractivity contribution in [1.29, 1.82) is 0 Å². The molecule has 1 saturated heterocycles. The lowest BCUT2D eigenvalue weighted by atomic mass is 10.1. The number of carbonyl (C=O) groups excluding carboxylic acids is 2.